The minimum atomic E-state index is -3.43. The summed E-state index contributed by atoms with van der Waals surface area (Å²) in [6.45, 7) is 2.54. The third-order valence-corrected chi connectivity index (χ3v) is 9.77. The molecule has 1 atom stereocenters. The minimum Gasteiger partial charge on any atom is -0.367 e. The molecule has 2 aromatic heterocycles. The van der Waals surface area contributed by atoms with Crippen LogP contribution in [0.3, 0.4) is 0 Å². The lowest BCUT2D eigenvalue weighted by Gasteiger charge is -2.35. The summed E-state index contributed by atoms with van der Waals surface area (Å²) in [5.41, 5.74) is 1.28. The molecule has 0 aromatic carbocycles. The van der Waals surface area contributed by atoms with E-state index in [2.05, 4.69) is 27.2 Å². The number of rotatable bonds is 9. The topological polar surface area (TPSA) is 105 Å². The lowest BCUT2D eigenvalue weighted by Crippen LogP contribution is -2.44. The first-order chi connectivity index (χ1) is 17.3. The third kappa shape index (κ3) is 5.84. The summed E-state index contributed by atoms with van der Waals surface area (Å²) in [4.78, 5) is 28.3. The van der Waals surface area contributed by atoms with Gasteiger partial charge in [-0.1, -0.05) is 0 Å². The molecule has 1 aliphatic heterocycles. The van der Waals surface area contributed by atoms with Crippen molar-refractivity contribution in [3.05, 3.63) is 16.8 Å². The molecule has 11 heteroatoms. The van der Waals surface area contributed by atoms with Gasteiger partial charge in [0.05, 0.1) is 24.8 Å². The standard InChI is InChI=1S/C25H37N5O4S2/c1-29(15-21(31)30-12-3-4-13-30)19-8-6-18(7-9-19)28-24-23-22-17(11-14-34-36(2,32)33)5-10-20(22)35-25(23)27-16-26-24/h16-19H,3-15H2,1-2H3,(H,26,27,28)/t17-,18-,19-/m1/s1. The Morgan fingerprint density at radius 1 is 1.19 bits per heavy atom. The zero-order valence-electron chi connectivity index (χ0n) is 21.2. The molecule has 36 heavy (non-hydrogen) atoms. The first-order valence-electron chi connectivity index (χ1n) is 13.1. The summed E-state index contributed by atoms with van der Waals surface area (Å²) >= 11 is 1.73. The highest BCUT2D eigenvalue weighted by molar-refractivity contribution is 7.85. The van der Waals surface area contributed by atoms with Crippen LogP contribution in [0.15, 0.2) is 6.33 Å². The average Bonchev–Trinajstić information content (AvgIpc) is 3.57. The van der Waals surface area contributed by atoms with E-state index in [0.717, 1.165) is 86.7 Å². The van der Waals surface area contributed by atoms with E-state index in [9.17, 15) is 13.2 Å². The van der Waals surface area contributed by atoms with Gasteiger partial charge in [0, 0.05) is 30.1 Å². The predicted octanol–water partition coefficient (Wildman–Crippen LogP) is 3.36. The first kappa shape index (κ1) is 25.8. The molecule has 9 nitrogen and oxygen atoms in total. The van der Waals surface area contributed by atoms with Crippen molar-refractivity contribution in [3.63, 3.8) is 0 Å². The van der Waals surface area contributed by atoms with E-state index >= 15 is 0 Å². The van der Waals surface area contributed by atoms with Crippen LogP contribution in [0.25, 0.3) is 10.2 Å². The summed E-state index contributed by atoms with van der Waals surface area (Å²) < 4.78 is 27.8. The zero-order valence-corrected chi connectivity index (χ0v) is 22.9. The lowest BCUT2D eigenvalue weighted by atomic mass is 9.90. The molecule has 2 fully saturated rings. The maximum absolute atomic E-state index is 12.6. The van der Waals surface area contributed by atoms with Crippen LogP contribution in [-0.2, 0) is 25.5 Å². The van der Waals surface area contributed by atoms with Crippen LogP contribution in [0, 0.1) is 0 Å². The number of hydrogen-bond donors (Lipinski definition) is 1. The summed E-state index contributed by atoms with van der Waals surface area (Å²) in [5, 5.41) is 4.83. The number of likely N-dealkylation sites (N-methyl/N-ethyl adjacent to an activating group) is 1. The van der Waals surface area contributed by atoms with E-state index < -0.39 is 10.1 Å². The van der Waals surface area contributed by atoms with Crippen LogP contribution in [0.1, 0.15) is 67.7 Å². The number of carbonyl (C=O) groups is 1. The van der Waals surface area contributed by atoms with Crippen LogP contribution < -0.4 is 5.32 Å². The number of anilines is 1. The van der Waals surface area contributed by atoms with Gasteiger partial charge in [-0.2, -0.15) is 8.42 Å². The molecule has 2 aromatic rings. The molecule has 1 saturated carbocycles. The lowest BCUT2D eigenvalue weighted by molar-refractivity contribution is -0.131. The molecule has 2 aliphatic carbocycles. The Kier molecular flexibility index (Phi) is 7.81. The summed E-state index contributed by atoms with van der Waals surface area (Å²) in [7, 11) is -1.34. The zero-order chi connectivity index (χ0) is 25.3. The number of likely N-dealkylation sites (tertiary alicyclic amines) is 1. The van der Waals surface area contributed by atoms with Gasteiger partial charge in [-0.25, -0.2) is 9.97 Å². The van der Waals surface area contributed by atoms with Crippen LogP contribution in [-0.4, -0.2) is 85.7 Å². The molecular weight excluding hydrogens is 498 g/mol. The second kappa shape index (κ2) is 10.9. The summed E-state index contributed by atoms with van der Waals surface area (Å²) in [6, 6.07) is 0.774. The number of nitrogens with one attached hydrogen (secondary N) is 1. The fourth-order valence-corrected chi connectivity index (χ4v) is 7.71. The van der Waals surface area contributed by atoms with Crippen molar-refractivity contribution >= 4 is 43.4 Å². The van der Waals surface area contributed by atoms with Gasteiger partial charge < -0.3 is 10.2 Å². The highest BCUT2D eigenvalue weighted by atomic mass is 32.2. The number of aryl methyl sites for hydroxylation is 1. The number of fused-ring (bicyclic) bond motifs is 3. The molecule has 0 spiro atoms. The second-order valence-electron chi connectivity index (χ2n) is 10.5. The van der Waals surface area contributed by atoms with Crippen LogP contribution in [0.5, 0.6) is 0 Å². The molecule has 198 valence electrons. The van der Waals surface area contributed by atoms with Crippen LogP contribution in [0.4, 0.5) is 5.82 Å². The predicted molar refractivity (Wildman–Crippen MR) is 142 cm³/mol. The maximum atomic E-state index is 12.6. The fourth-order valence-electron chi connectivity index (χ4n) is 6.07. The number of carbonyl (C=O) groups excluding carboxylic acids is 1. The molecule has 0 radical (unpaired) electrons. The number of thiophene rings is 1. The van der Waals surface area contributed by atoms with Gasteiger partial charge >= 0.3 is 0 Å². The molecule has 0 bridgehead atoms. The monoisotopic (exact) mass is 535 g/mol. The van der Waals surface area contributed by atoms with E-state index in [4.69, 9.17) is 4.18 Å². The van der Waals surface area contributed by atoms with Gasteiger partial charge in [0.15, 0.2) is 0 Å². The molecule has 1 N–H and O–H groups in total. The number of hydrogen-bond acceptors (Lipinski definition) is 9. The Bertz CT molecular complexity index is 1190. The molecule has 3 heterocycles. The summed E-state index contributed by atoms with van der Waals surface area (Å²) in [6.07, 6.45) is 11.9. The van der Waals surface area contributed by atoms with Crippen molar-refractivity contribution in [2.24, 2.45) is 0 Å². The molecule has 0 unspecified atom stereocenters. The third-order valence-electron chi connectivity index (χ3n) is 8.00. The Morgan fingerprint density at radius 2 is 1.94 bits per heavy atom. The smallest absolute Gasteiger partial charge is 0.264 e. The number of nitrogens with zero attached hydrogens (tertiary/aromatic N) is 4. The fraction of sp³-hybridized carbons (Fsp3) is 0.720. The van der Waals surface area contributed by atoms with Gasteiger partial charge in [0.25, 0.3) is 10.1 Å². The van der Waals surface area contributed by atoms with E-state index in [-0.39, 0.29) is 18.4 Å². The van der Waals surface area contributed by atoms with Crippen molar-refractivity contribution in [1.29, 1.82) is 0 Å². The molecule has 5 rings (SSSR count). The Labute approximate surface area is 217 Å². The van der Waals surface area contributed by atoms with Gasteiger partial charge in [-0.3, -0.25) is 13.9 Å². The first-order valence-corrected chi connectivity index (χ1v) is 15.8. The average molecular weight is 536 g/mol. The Hall–Kier alpha value is -1.82. The van der Waals surface area contributed by atoms with E-state index in [1.54, 1.807) is 17.7 Å². The van der Waals surface area contributed by atoms with Gasteiger partial charge in [0.1, 0.15) is 17.0 Å². The molecular formula is C25H37N5O4S2. The van der Waals surface area contributed by atoms with E-state index in [1.807, 2.05) is 4.90 Å². The largest absolute Gasteiger partial charge is 0.367 e. The minimum absolute atomic E-state index is 0.203. The highest BCUT2D eigenvalue weighted by Crippen LogP contribution is 2.46. The molecule has 1 saturated heterocycles. The van der Waals surface area contributed by atoms with E-state index in [0.29, 0.717) is 25.0 Å². The SMILES string of the molecule is CN(CC(=O)N1CCCC1)[C@H]1CC[C@H](Nc2ncnc3sc4c(c23)[C@@H](CCOS(C)(=O)=O)CC4)CC1. The van der Waals surface area contributed by atoms with Crippen molar-refractivity contribution in [2.45, 2.75) is 75.8 Å². The Morgan fingerprint density at radius 3 is 2.67 bits per heavy atom. The van der Waals surface area contributed by atoms with Crippen molar-refractivity contribution < 1.29 is 17.4 Å². The quantitative estimate of drug-likeness (QED) is 0.488. The highest BCUT2D eigenvalue weighted by Gasteiger charge is 2.31. The Balaban J connectivity index is 1.21. The van der Waals surface area contributed by atoms with Crippen molar-refractivity contribution in [3.8, 4) is 0 Å². The van der Waals surface area contributed by atoms with E-state index in [1.165, 1.54) is 10.4 Å². The van der Waals surface area contributed by atoms with Crippen molar-refractivity contribution in [1.82, 2.24) is 19.8 Å². The normalized spacial score (nSPS) is 24.5. The maximum Gasteiger partial charge on any atom is 0.264 e. The number of amides is 1. The summed E-state index contributed by atoms with van der Waals surface area (Å²) in [5.74, 6) is 1.43. The molecule has 1 amide bonds. The van der Waals surface area contributed by atoms with Gasteiger partial charge in [-0.05, 0) is 76.3 Å². The van der Waals surface area contributed by atoms with Crippen LogP contribution >= 0.6 is 11.3 Å². The van der Waals surface area contributed by atoms with Crippen LogP contribution in [0.2, 0.25) is 0 Å². The number of aromatic nitrogens is 2. The molecule has 3 aliphatic rings. The van der Waals surface area contributed by atoms with Gasteiger partial charge in [0.2, 0.25) is 5.91 Å². The van der Waals surface area contributed by atoms with Gasteiger partial charge in [-0.15, -0.1) is 11.3 Å². The second-order valence-corrected chi connectivity index (χ2v) is 13.3. The van der Waals surface area contributed by atoms with Crippen molar-refractivity contribution in [2.75, 3.05) is 44.9 Å².